The van der Waals surface area contributed by atoms with E-state index in [9.17, 15) is 13.2 Å². The fourth-order valence-electron chi connectivity index (χ4n) is 1.83. The predicted octanol–water partition coefficient (Wildman–Crippen LogP) is 0.828. The number of nitrogens with one attached hydrogen (secondary N) is 1. The minimum atomic E-state index is -3.51. The first-order chi connectivity index (χ1) is 9.82. The van der Waals surface area contributed by atoms with Crippen molar-refractivity contribution in [3.63, 3.8) is 0 Å². The standard InChI is InChI=1S/C14H22N2O4S/c1-4-16(5-2)21(19,20)13-8-6-12(7-9-13)14(18)15-10-11(3)17/h6-9,11,17H,4-5,10H2,1-3H3,(H,15,18)/t11-/m0/s1. The van der Waals surface area contributed by atoms with E-state index in [0.717, 1.165) is 0 Å². The van der Waals surface area contributed by atoms with Crippen LogP contribution in [0.2, 0.25) is 0 Å². The summed E-state index contributed by atoms with van der Waals surface area (Å²) in [6.07, 6.45) is -0.628. The van der Waals surface area contributed by atoms with E-state index < -0.39 is 16.1 Å². The van der Waals surface area contributed by atoms with Gasteiger partial charge in [0.25, 0.3) is 5.91 Å². The first-order valence-electron chi connectivity index (χ1n) is 6.89. The fourth-order valence-corrected chi connectivity index (χ4v) is 3.29. The molecule has 0 aliphatic heterocycles. The average molecular weight is 314 g/mol. The molecule has 0 saturated heterocycles. The lowest BCUT2D eigenvalue weighted by Crippen LogP contribution is -2.31. The van der Waals surface area contributed by atoms with Crippen molar-refractivity contribution >= 4 is 15.9 Å². The molecule has 0 aliphatic carbocycles. The molecular formula is C14H22N2O4S. The number of sulfonamides is 1. The van der Waals surface area contributed by atoms with Crippen LogP contribution in [0.15, 0.2) is 29.2 Å². The second-order valence-electron chi connectivity index (χ2n) is 4.67. The Hall–Kier alpha value is -1.44. The molecule has 0 heterocycles. The van der Waals surface area contributed by atoms with E-state index >= 15 is 0 Å². The molecule has 21 heavy (non-hydrogen) atoms. The van der Waals surface area contributed by atoms with E-state index in [1.807, 2.05) is 0 Å². The van der Waals surface area contributed by atoms with Crippen LogP contribution < -0.4 is 5.32 Å². The highest BCUT2D eigenvalue weighted by Crippen LogP contribution is 2.16. The Labute approximate surface area is 125 Å². The summed E-state index contributed by atoms with van der Waals surface area (Å²) in [6.45, 7) is 6.07. The van der Waals surface area contributed by atoms with Crippen molar-refractivity contribution in [1.29, 1.82) is 0 Å². The molecule has 0 saturated carbocycles. The summed E-state index contributed by atoms with van der Waals surface area (Å²) in [5.41, 5.74) is 0.356. The molecule has 0 bridgehead atoms. The molecule has 0 aromatic heterocycles. The predicted molar refractivity (Wildman–Crippen MR) is 80.6 cm³/mol. The minimum Gasteiger partial charge on any atom is -0.392 e. The van der Waals surface area contributed by atoms with Gasteiger partial charge in [0, 0.05) is 25.2 Å². The van der Waals surface area contributed by atoms with Crippen LogP contribution in [-0.4, -0.2) is 49.5 Å². The molecule has 1 atom stereocenters. The SMILES string of the molecule is CCN(CC)S(=O)(=O)c1ccc(C(=O)NC[C@H](C)O)cc1. The smallest absolute Gasteiger partial charge is 0.251 e. The molecule has 2 N–H and O–H groups in total. The van der Waals surface area contributed by atoms with Crippen molar-refractivity contribution < 1.29 is 18.3 Å². The number of amides is 1. The number of carbonyl (C=O) groups excluding carboxylic acids is 1. The Bertz CT molecular complexity index is 563. The van der Waals surface area contributed by atoms with Gasteiger partial charge in [-0.1, -0.05) is 13.8 Å². The number of hydrogen-bond acceptors (Lipinski definition) is 4. The number of aliphatic hydroxyl groups is 1. The van der Waals surface area contributed by atoms with Gasteiger partial charge in [0.2, 0.25) is 10.0 Å². The molecule has 118 valence electrons. The first kappa shape index (κ1) is 17.6. The van der Waals surface area contributed by atoms with Crippen LogP contribution >= 0.6 is 0 Å². The molecule has 6 nitrogen and oxygen atoms in total. The maximum Gasteiger partial charge on any atom is 0.251 e. The van der Waals surface area contributed by atoms with Crippen molar-refractivity contribution in [2.45, 2.75) is 31.8 Å². The maximum atomic E-state index is 12.3. The lowest BCUT2D eigenvalue weighted by Gasteiger charge is -2.18. The van der Waals surface area contributed by atoms with E-state index in [-0.39, 0.29) is 17.3 Å². The van der Waals surface area contributed by atoms with Crippen LogP contribution in [0, 0.1) is 0 Å². The zero-order valence-electron chi connectivity index (χ0n) is 12.5. The van der Waals surface area contributed by atoms with Gasteiger partial charge in [0.15, 0.2) is 0 Å². The van der Waals surface area contributed by atoms with Gasteiger partial charge in [-0.15, -0.1) is 0 Å². The Morgan fingerprint density at radius 2 is 1.76 bits per heavy atom. The second-order valence-corrected chi connectivity index (χ2v) is 6.61. The van der Waals surface area contributed by atoms with Crippen LogP contribution in [0.3, 0.4) is 0 Å². The number of hydrogen-bond donors (Lipinski definition) is 2. The van der Waals surface area contributed by atoms with Crippen LogP contribution in [0.1, 0.15) is 31.1 Å². The Balaban J connectivity index is 2.90. The van der Waals surface area contributed by atoms with Crippen LogP contribution in [0.25, 0.3) is 0 Å². The minimum absolute atomic E-state index is 0.151. The van der Waals surface area contributed by atoms with Crippen LogP contribution in [0.4, 0.5) is 0 Å². The first-order valence-corrected chi connectivity index (χ1v) is 8.33. The van der Waals surface area contributed by atoms with Gasteiger partial charge < -0.3 is 10.4 Å². The Morgan fingerprint density at radius 1 is 1.24 bits per heavy atom. The molecule has 0 fully saturated rings. The molecule has 0 spiro atoms. The highest BCUT2D eigenvalue weighted by molar-refractivity contribution is 7.89. The zero-order valence-corrected chi connectivity index (χ0v) is 13.4. The van der Waals surface area contributed by atoms with E-state index in [0.29, 0.717) is 18.7 Å². The molecule has 1 aromatic carbocycles. The van der Waals surface area contributed by atoms with Crippen molar-refractivity contribution in [3.8, 4) is 0 Å². The summed E-state index contributed by atoms with van der Waals surface area (Å²) in [5.74, 6) is -0.345. The zero-order chi connectivity index (χ0) is 16.0. The Kier molecular flexibility index (Phi) is 6.32. The normalized spacial score (nSPS) is 13.2. The lowest BCUT2D eigenvalue weighted by molar-refractivity contribution is 0.0924. The average Bonchev–Trinajstić information content (AvgIpc) is 2.45. The van der Waals surface area contributed by atoms with Crippen LogP contribution in [-0.2, 0) is 10.0 Å². The van der Waals surface area contributed by atoms with E-state index in [2.05, 4.69) is 5.32 Å². The molecular weight excluding hydrogens is 292 g/mol. The third kappa shape index (κ3) is 4.52. The fraction of sp³-hybridized carbons (Fsp3) is 0.500. The van der Waals surface area contributed by atoms with Gasteiger partial charge in [-0.3, -0.25) is 4.79 Å². The third-order valence-corrected chi connectivity index (χ3v) is 5.08. The summed E-state index contributed by atoms with van der Waals surface area (Å²) in [4.78, 5) is 11.9. The van der Waals surface area contributed by atoms with Gasteiger partial charge in [0.05, 0.1) is 11.0 Å². The lowest BCUT2D eigenvalue weighted by atomic mass is 10.2. The summed E-state index contributed by atoms with van der Waals surface area (Å²) in [5, 5.41) is 11.7. The monoisotopic (exact) mass is 314 g/mol. The highest BCUT2D eigenvalue weighted by Gasteiger charge is 2.21. The van der Waals surface area contributed by atoms with Crippen molar-refractivity contribution in [2.75, 3.05) is 19.6 Å². The molecule has 1 rings (SSSR count). The van der Waals surface area contributed by atoms with Crippen molar-refractivity contribution in [1.82, 2.24) is 9.62 Å². The third-order valence-electron chi connectivity index (χ3n) is 3.02. The summed E-state index contributed by atoms with van der Waals surface area (Å²) >= 11 is 0. The number of rotatable bonds is 7. The van der Waals surface area contributed by atoms with Crippen molar-refractivity contribution in [2.24, 2.45) is 0 Å². The molecule has 0 radical (unpaired) electrons. The Morgan fingerprint density at radius 3 is 2.19 bits per heavy atom. The van der Waals surface area contributed by atoms with Gasteiger partial charge in [-0.25, -0.2) is 8.42 Å². The maximum absolute atomic E-state index is 12.3. The number of aliphatic hydroxyl groups excluding tert-OH is 1. The van der Waals surface area contributed by atoms with Gasteiger partial charge in [-0.2, -0.15) is 4.31 Å². The summed E-state index contributed by atoms with van der Waals surface area (Å²) < 4.78 is 25.9. The highest BCUT2D eigenvalue weighted by atomic mass is 32.2. The number of carbonyl (C=O) groups is 1. The molecule has 7 heteroatoms. The summed E-state index contributed by atoms with van der Waals surface area (Å²) in [6, 6.07) is 5.78. The van der Waals surface area contributed by atoms with E-state index in [4.69, 9.17) is 5.11 Å². The van der Waals surface area contributed by atoms with E-state index in [1.165, 1.54) is 28.6 Å². The summed E-state index contributed by atoms with van der Waals surface area (Å²) in [7, 11) is -3.51. The molecule has 0 unspecified atom stereocenters. The van der Waals surface area contributed by atoms with E-state index in [1.54, 1.807) is 20.8 Å². The topological polar surface area (TPSA) is 86.7 Å². The van der Waals surface area contributed by atoms with Gasteiger partial charge in [-0.05, 0) is 31.2 Å². The van der Waals surface area contributed by atoms with Crippen molar-refractivity contribution in [3.05, 3.63) is 29.8 Å². The molecule has 1 amide bonds. The number of benzene rings is 1. The number of nitrogens with zero attached hydrogens (tertiary/aromatic N) is 1. The quantitative estimate of drug-likeness (QED) is 0.780. The van der Waals surface area contributed by atoms with Gasteiger partial charge >= 0.3 is 0 Å². The molecule has 1 aromatic rings. The largest absolute Gasteiger partial charge is 0.392 e. The second kappa shape index (κ2) is 7.53. The van der Waals surface area contributed by atoms with Crippen LogP contribution in [0.5, 0.6) is 0 Å². The molecule has 0 aliphatic rings. The van der Waals surface area contributed by atoms with Gasteiger partial charge in [0.1, 0.15) is 0 Å².